The van der Waals surface area contributed by atoms with E-state index in [0.29, 0.717) is 0 Å². The molecule has 5 aliphatic rings. The van der Waals surface area contributed by atoms with Crippen LogP contribution in [0.5, 0.6) is 0 Å². The Morgan fingerprint density at radius 1 is 0.524 bits per heavy atom. The molecule has 0 unspecified atom stereocenters. The molecule has 369 valence electrons. The highest BCUT2D eigenvalue weighted by molar-refractivity contribution is 7.81. The van der Waals surface area contributed by atoms with Crippen LogP contribution in [0, 0.1) is 6.61 Å². The van der Waals surface area contributed by atoms with E-state index in [2.05, 4.69) is 12.5 Å². The van der Waals surface area contributed by atoms with Crippen molar-refractivity contribution < 1.29 is 145 Å². The number of rotatable bonds is 17. The molecule has 63 heavy (non-hydrogen) atoms. The number of hydrogen-bond acceptors (Lipinski definition) is 28. The van der Waals surface area contributed by atoms with Gasteiger partial charge in [-0.05, 0) is 6.92 Å². The molecule has 1 radical (unpaired) electrons. The van der Waals surface area contributed by atoms with Crippen LogP contribution >= 0.6 is 0 Å². The van der Waals surface area contributed by atoms with E-state index in [1.807, 2.05) is 0 Å². The average Bonchev–Trinajstić information content (AvgIpc) is 3.17. The Bertz CT molecular complexity index is 1810. The van der Waals surface area contributed by atoms with Gasteiger partial charge in [0, 0.05) is 7.11 Å². The first kappa shape index (κ1) is 52.8. The van der Waals surface area contributed by atoms with Gasteiger partial charge < -0.3 is 93.3 Å². The predicted octanol–water partition coefficient (Wildman–Crippen LogP) is -8.64. The molecule has 31 nitrogen and oxygen atoms in total. The Labute approximate surface area is 357 Å². The second kappa shape index (κ2) is 21.4. The summed E-state index contributed by atoms with van der Waals surface area (Å²) in [6.45, 7) is -1.49. The second-order valence-electron chi connectivity index (χ2n) is 14.6. The van der Waals surface area contributed by atoms with Crippen LogP contribution < -0.4 is 0 Å². The molecule has 5 fully saturated rings. The first-order valence-corrected chi connectivity index (χ1v) is 22.5. The van der Waals surface area contributed by atoms with E-state index in [-0.39, 0.29) is 0 Å². The lowest BCUT2D eigenvalue weighted by atomic mass is 9.96. The van der Waals surface area contributed by atoms with Gasteiger partial charge in [0.2, 0.25) is 0 Å². The lowest BCUT2D eigenvalue weighted by Crippen LogP contribution is -2.67. The van der Waals surface area contributed by atoms with Crippen LogP contribution in [0.4, 0.5) is 0 Å². The van der Waals surface area contributed by atoms with Crippen LogP contribution in [0.2, 0.25) is 0 Å². The third-order valence-electron chi connectivity index (χ3n) is 10.1. The van der Waals surface area contributed by atoms with Crippen LogP contribution in [-0.2, 0) is 91.1 Å². The minimum absolute atomic E-state index is 0.550. The van der Waals surface area contributed by atoms with Crippen molar-refractivity contribution in [1.29, 1.82) is 0 Å². The molecule has 12 N–H and O–H groups in total. The Morgan fingerprint density at radius 2 is 1.05 bits per heavy atom. The summed E-state index contributed by atoms with van der Waals surface area (Å²) in [4.78, 5) is 0. The van der Waals surface area contributed by atoms with Crippen molar-refractivity contribution in [3.8, 4) is 0 Å². The maximum Gasteiger partial charge on any atom is 0.397 e. The number of aliphatic hydroxyl groups excluding tert-OH is 9. The Balaban J connectivity index is 1.43. The fraction of sp³-hybridized carbons (Fsp3) is 0.966. The summed E-state index contributed by atoms with van der Waals surface area (Å²) in [5.41, 5.74) is 0. The summed E-state index contributed by atoms with van der Waals surface area (Å²) in [5, 5.41) is 97.4. The summed E-state index contributed by atoms with van der Waals surface area (Å²) in [6.07, 6.45) is -42.4. The fourth-order valence-electron chi connectivity index (χ4n) is 7.02. The number of hydrogen-bond donors (Lipinski definition) is 12. The minimum Gasteiger partial charge on any atom is -0.388 e. The van der Waals surface area contributed by atoms with Crippen molar-refractivity contribution in [2.24, 2.45) is 0 Å². The molecule has 0 saturated carbocycles. The summed E-state index contributed by atoms with van der Waals surface area (Å²) >= 11 is 0. The molecule has 0 aromatic carbocycles. The molecule has 0 bridgehead atoms. The first-order chi connectivity index (χ1) is 29.2. The van der Waals surface area contributed by atoms with E-state index in [1.165, 1.54) is 6.92 Å². The van der Waals surface area contributed by atoms with Crippen molar-refractivity contribution in [2.75, 3.05) is 33.5 Å². The van der Waals surface area contributed by atoms with Gasteiger partial charge in [0.1, 0.15) is 110 Å². The SMILES string of the molecule is CO[C@@H]1[C@@H](O)[C@H](O[C@@H]2[C@@H](O)[C@H](O[C@H]3[C@H](O)[C@@H](O[C@@H]4OC[C@@H](O)[C@H](O)[C@H]4O)[C@H](O[C@H]4[CH]OC[C@@H](O)[C@@H]4OS(=O)(=O)O)O[C@@H]3C)O[C@H](COS(=O)(=O)O)[C@H]2O)O[C@H](COS(=O)(=O)O)[C@H]1O. The van der Waals surface area contributed by atoms with Gasteiger partial charge in [-0.15, -0.1) is 0 Å². The topological polar surface area (TPSA) is 465 Å². The van der Waals surface area contributed by atoms with Crippen LogP contribution in [0.1, 0.15) is 6.92 Å². The van der Waals surface area contributed by atoms with E-state index in [9.17, 15) is 80.3 Å². The number of aliphatic hydroxyl groups is 9. The van der Waals surface area contributed by atoms with Crippen molar-refractivity contribution in [3.63, 3.8) is 0 Å². The Morgan fingerprint density at radius 3 is 1.59 bits per heavy atom. The van der Waals surface area contributed by atoms with Crippen molar-refractivity contribution in [1.82, 2.24) is 0 Å². The van der Waals surface area contributed by atoms with Gasteiger partial charge >= 0.3 is 31.2 Å². The standard InChI is InChI=1S/C29H49O31S3/c1-8-21(18(36)25(59-26-17(35)14(32)9(30)4-50-26)29(53-8)56-13-5-49-3-10(31)22(13)60-63(45,46)47)57-28-20(38)24(16(34)12(55-28)7-52-62(42,43)44)58-27-19(37)23(48-2)15(33)11(54-27)6-51-61(39,40)41/h5,8-38H,3-4,6-7H2,1-2H3,(H,39,40,41)(H,42,43,44)(H,45,46,47)/t8-,9-,10-,11-,12-,13+,14+,15-,16-,17-,18+,19-,20-,21-,22+,23+,24+,25-,26+,27+,28+,29+/m1/s1. The van der Waals surface area contributed by atoms with Gasteiger partial charge in [-0.3, -0.25) is 13.7 Å². The molecular weight excluding hydrogens is 940 g/mol. The molecule has 0 amide bonds. The van der Waals surface area contributed by atoms with Crippen LogP contribution in [-0.4, -0.2) is 253 Å². The van der Waals surface area contributed by atoms with Crippen LogP contribution in [0.15, 0.2) is 0 Å². The van der Waals surface area contributed by atoms with Gasteiger partial charge in [0.05, 0.1) is 32.5 Å². The minimum atomic E-state index is -5.26. The van der Waals surface area contributed by atoms with E-state index >= 15 is 0 Å². The predicted molar refractivity (Wildman–Crippen MR) is 187 cm³/mol. The molecule has 0 aliphatic carbocycles. The lowest BCUT2D eigenvalue weighted by molar-refractivity contribution is -0.393. The highest BCUT2D eigenvalue weighted by Gasteiger charge is 2.56. The number of ether oxygens (including phenoxy) is 10. The van der Waals surface area contributed by atoms with Crippen LogP contribution in [0.25, 0.3) is 0 Å². The van der Waals surface area contributed by atoms with Gasteiger partial charge in [0.25, 0.3) is 0 Å². The Hall–Kier alpha value is -1.15. The van der Waals surface area contributed by atoms with Gasteiger partial charge in [-0.1, -0.05) is 0 Å². The van der Waals surface area contributed by atoms with Crippen molar-refractivity contribution in [3.05, 3.63) is 6.61 Å². The number of methoxy groups -OCH3 is 1. The maximum absolute atomic E-state index is 11.8. The van der Waals surface area contributed by atoms with Gasteiger partial charge in [-0.2, -0.15) is 25.3 Å². The summed E-state index contributed by atoms with van der Waals surface area (Å²) in [7, 11) is -14.6. The zero-order chi connectivity index (χ0) is 46.9. The van der Waals surface area contributed by atoms with E-state index < -0.39 is 193 Å². The molecule has 5 saturated heterocycles. The largest absolute Gasteiger partial charge is 0.397 e. The molecule has 0 aromatic rings. The molecule has 34 heteroatoms. The smallest absolute Gasteiger partial charge is 0.388 e. The summed E-state index contributed by atoms with van der Waals surface area (Å²) in [5.74, 6) is 0. The first-order valence-electron chi connectivity index (χ1n) is 18.4. The zero-order valence-corrected chi connectivity index (χ0v) is 34.9. The molecular formula is C29H49O31S3. The second-order valence-corrected chi connectivity index (χ2v) is 17.8. The monoisotopic (exact) mass is 989 g/mol. The van der Waals surface area contributed by atoms with Crippen molar-refractivity contribution >= 4 is 31.2 Å². The lowest BCUT2D eigenvalue weighted by Gasteiger charge is -2.49. The van der Waals surface area contributed by atoms with Crippen LogP contribution in [0.3, 0.4) is 0 Å². The summed E-state index contributed by atoms with van der Waals surface area (Å²) < 4.78 is 165. The molecule has 0 aromatic heterocycles. The zero-order valence-electron chi connectivity index (χ0n) is 32.5. The molecule has 5 rings (SSSR count). The normalized spacial score (nSPS) is 45.8. The molecule has 22 atom stereocenters. The third kappa shape index (κ3) is 13.5. The average molecular weight is 990 g/mol. The van der Waals surface area contributed by atoms with Gasteiger partial charge in [0.15, 0.2) is 25.2 Å². The highest BCUT2D eigenvalue weighted by atomic mass is 32.3. The fourth-order valence-corrected chi connectivity index (χ4v) is 8.15. The Kier molecular flexibility index (Phi) is 18.0. The maximum atomic E-state index is 11.8. The third-order valence-corrected chi connectivity index (χ3v) is 11.5. The summed E-state index contributed by atoms with van der Waals surface area (Å²) in [6, 6.07) is 0. The molecule has 5 heterocycles. The van der Waals surface area contributed by atoms with Gasteiger partial charge in [-0.25, -0.2) is 12.5 Å². The van der Waals surface area contributed by atoms with E-state index in [4.69, 9.17) is 51.9 Å². The van der Waals surface area contributed by atoms with E-state index in [1.54, 1.807) is 0 Å². The molecule has 0 spiro atoms. The highest BCUT2D eigenvalue weighted by Crippen LogP contribution is 2.36. The molecule has 5 aliphatic heterocycles. The quantitative estimate of drug-likeness (QED) is 0.0602. The van der Waals surface area contributed by atoms with Crippen molar-refractivity contribution in [2.45, 2.75) is 142 Å². The van der Waals surface area contributed by atoms with E-state index in [0.717, 1.165) is 13.7 Å².